The molecular formula is C47H53F2N9O7S. The molecule has 0 radical (unpaired) electrons. The second kappa shape index (κ2) is 19.7. The molecule has 2 atom stereocenters. The van der Waals surface area contributed by atoms with Crippen LogP contribution in [0.25, 0.3) is 0 Å². The first kappa shape index (κ1) is 46.2. The highest BCUT2D eigenvalue weighted by molar-refractivity contribution is 7.98. The lowest BCUT2D eigenvalue weighted by atomic mass is 9.97. The lowest BCUT2D eigenvalue weighted by molar-refractivity contribution is -0.129. The number of amidine groups is 1. The summed E-state index contributed by atoms with van der Waals surface area (Å²) >= 11 is 1.52. The molecule has 4 aromatic rings. The summed E-state index contributed by atoms with van der Waals surface area (Å²) < 4.78 is 49.2. The molecule has 4 aliphatic heterocycles. The summed E-state index contributed by atoms with van der Waals surface area (Å²) in [4.78, 5) is 64.3. The van der Waals surface area contributed by atoms with Crippen LogP contribution in [0.15, 0.2) is 72.9 Å². The van der Waals surface area contributed by atoms with Crippen molar-refractivity contribution in [1.82, 2.24) is 29.9 Å². The molecule has 0 aliphatic carbocycles. The van der Waals surface area contributed by atoms with Crippen molar-refractivity contribution in [2.24, 2.45) is 0 Å². The van der Waals surface area contributed by atoms with E-state index < -0.39 is 35.9 Å². The summed E-state index contributed by atoms with van der Waals surface area (Å²) in [5, 5.41) is 13.9. The number of carbonyl (C=O) groups excluding carboxylic acids is 4. The van der Waals surface area contributed by atoms with E-state index in [1.54, 1.807) is 61.5 Å². The number of carbonyl (C=O) groups is 4. The lowest BCUT2D eigenvalue weighted by Gasteiger charge is -2.46. The van der Waals surface area contributed by atoms with Gasteiger partial charge in [-0.1, -0.05) is 18.2 Å². The minimum absolute atomic E-state index is 0.0479. The molecule has 0 spiro atoms. The summed E-state index contributed by atoms with van der Waals surface area (Å²) in [7, 11) is 3.25. The van der Waals surface area contributed by atoms with Crippen LogP contribution in [0.3, 0.4) is 0 Å². The average Bonchev–Trinajstić information content (AvgIpc) is 3.56. The van der Waals surface area contributed by atoms with Gasteiger partial charge in [0.15, 0.2) is 11.5 Å². The second-order valence-electron chi connectivity index (χ2n) is 16.5. The fraction of sp³-hybridized carbons (Fsp3) is 0.404. The number of hydrogen-bond donors (Lipinski definition) is 3. The Kier molecular flexibility index (Phi) is 13.8. The minimum Gasteiger partial charge on any atom is -0.493 e. The molecule has 8 rings (SSSR count). The van der Waals surface area contributed by atoms with Gasteiger partial charge in [0.05, 0.1) is 43.5 Å². The van der Waals surface area contributed by atoms with Gasteiger partial charge in [0.25, 0.3) is 17.7 Å². The summed E-state index contributed by atoms with van der Waals surface area (Å²) in [6.07, 6.45) is 3.79. The quantitative estimate of drug-likeness (QED) is 0.0688. The monoisotopic (exact) mass is 925 g/mol. The van der Waals surface area contributed by atoms with Crippen molar-refractivity contribution in [3.63, 3.8) is 0 Å². The first-order chi connectivity index (χ1) is 31.8. The van der Waals surface area contributed by atoms with Crippen LogP contribution >= 0.6 is 11.8 Å². The summed E-state index contributed by atoms with van der Waals surface area (Å²) in [6, 6.07) is 17.3. The molecule has 0 saturated carbocycles. The predicted molar refractivity (Wildman–Crippen MR) is 247 cm³/mol. The van der Waals surface area contributed by atoms with Crippen molar-refractivity contribution >= 4 is 52.9 Å². The van der Waals surface area contributed by atoms with Gasteiger partial charge in [-0.3, -0.25) is 44.7 Å². The van der Waals surface area contributed by atoms with E-state index >= 15 is 8.78 Å². The van der Waals surface area contributed by atoms with Gasteiger partial charge in [-0.05, 0) is 73.2 Å². The number of rotatable bonds is 15. The number of halogens is 2. The van der Waals surface area contributed by atoms with E-state index in [4.69, 9.17) is 19.6 Å². The number of alkyl halides is 2. The highest BCUT2D eigenvalue weighted by atomic mass is 32.2. The Morgan fingerprint density at radius 3 is 2.36 bits per heavy atom. The van der Waals surface area contributed by atoms with E-state index in [2.05, 4.69) is 15.6 Å². The van der Waals surface area contributed by atoms with Gasteiger partial charge in [-0.15, -0.1) is 0 Å². The van der Waals surface area contributed by atoms with Crippen LogP contribution in [0, 0.1) is 5.41 Å². The van der Waals surface area contributed by atoms with Crippen LogP contribution < -0.4 is 29.7 Å². The number of ether oxygens (including phenoxy) is 3. The van der Waals surface area contributed by atoms with Crippen molar-refractivity contribution in [2.75, 3.05) is 88.8 Å². The van der Waals surface area contributed by atoms with Gasteiger partial charge in [0, 0.05) is 88.5 Å². The third kappa shape index (κ3) is 9.50. The number of benzene rings is 3. The molecule has 3 saturated heterocycles. The van der Waals surface area contributed by atoms with Gasteiger partial charge < -0.3 is 24.4 Å². The maximum Gasteiger partial charge on any atom is 0.329 e. The Balaban J connectivity index is 0.843. The molecule has 3 fully saturated rings. The second-order valence-corrected chi connectivity index (χ2v) is 17.4. The topological polar surface area (TPSA) is 173 Å². The number of aromatic nitrogens is 1. The Bertz CT molecular complexity index is 2510. The highest BCUT2D eigenvalue weighted by Crippen LogP contribution is 2.39. The Morgan fingerprint density at radius 2 is 1.68 bits per heavy atom. The van der Waals surface area contributed by atoms with E-state index in [-0.39, 0.29) is 42.4 Å². The van der Waals surface area contributed by atoms with Crippen molar-refractivity contribution in [2.45, 2.75) is 44.3 Å². The minimum atomic E-state index is -2.95. The number of urea groups is 1. The average molecular weight is 926 g/mol. The number of pyridine rings is 1. The molecule has 348 valence electrons. The number of hydrogen-bond acceptors (Lipinski definition) is 14. The molecule has 16 nitrogen and oxygen atoms in total. The Hall–Kier alpha value is -6.31. The van der Waals surface area contributed by atoms with E-state index in [0.29, 0.717) is 98.1 Å². The van der Waals surface area contributed by atoms with Crippen LogP contribution in [0.1, 0.15) is 63.2 Å². The van der Waals surface area contributed by atoms with Gasteiger partial charge in [0.1, 0.15) is 23.2 Å². The van der Waals surface area contributed by atoms with Crippen LogP contribution in [-0.4, -0.2) is 145 Å². The van der Waals surface area contributed by atoms with E-state index in [9.17, 15) is 19.2 Å². The Morgan fingerprint density at radius 1 is 0.939 bits per heavy atom. The fourth-order valence-corrected chi connectivity index (χ4v) is 9.73. The van der Waals surface area contributed by atoms with Crippen molar-refractivity contribution in [1.29, 1.82) is 5.41 Å². The normalized spacial score (nSPS) is 19.4. The molecule has 5 amide bonds. The van der Waals surface area contributed by atoms with Crippen molar-refractivity contribution < 1.29 is 42.2 Å². The summed E-state index contributed by atoms with van der Waals surface area (Å²) in [5.41, 5.74) is 3.14. The van der Waals surface area contributed by atoms with Crippen molar-refractivity contribution in [3.05, 3.63) is 101 Å². The number of methoxy groups -OCH3 is 1. The van der Waals surface area contributed by atoms with Crippen LogP contribution in [0.2, 0.25) is 0 Å². The maximum absolute atomic E-state index is 15.9. The molecule has 4 aliphatic rings. The molecule has 19 heteroatoms. The third-order valence-electron chi connectivity index (χ3n) is 12.4. The number of imide groups is 2. The maximum atomic E-state index is 15.9. The fourth-order valence-electron chi connectivity index (χ4n) is 9.07. The number of thioether (sulfide) groups is 1. The summed E-state index contributed by atoms with van der Waals surface area (Å²) in [6.45, 7) is 4.55. The van der Waals surface area contributed by atoms with Gasteiger partial charge in [-0.2, -0.15) is 11.8 Å². The third-order valence-corrected chi connectivity index (χ3v) is 13.1. The molecular weight excluding hydrogens is 873 g/mol. The van der Waals surface area contributed by atoms with Gasteiger partial charge in [0.2, 0.25) is 5.91 Å². The summed E-state index contributed by atoms with van der Waals surface area (Å²) in [5.74, 6) is -1.08. The zero-order valence-corrected chi connectivity index (χ0v) is 38.1. The van der Waals surface area contributed by atoms with Crippen molar-refractivity contribution in [3.8, 4) is 23.0 Å². The standard InChI is InChI=1S/C47H53F2N9O7S/c1-5-64-39-22-30(8-13-38(39)63-3)37(27-66-4)58-44(60)34-24-41(52-25-35(34)45(58)61)56-20-18-55(19-21-56)40-14-16-54(28-47(40,48)49)26-29-6-9-31(10-7-29)65-32-11-12-33(36(23-32)51-2)43(50)57-17-15-42(59)53-46(57)62/h6-13,22-25,37,40,50-51H,5,14-21,26-28H2,1-4H3,(H,53,59,62). The molecule has 1 aromatic heterocycles. The van der Waals surface area contributed by atoms with Gasteiger partial charge in [-0.25, -0.2) is 18.6 Å². The first-order valence-electron chi connectivity index (χ1n) is 21.9. The molecule has 66 heavy (non-hydrogen) atoms. The number of nitrogens with one attached hydrogen (secondary N) is 3. The molecule has 5 heterocycles. The SMILES string of the molecule is CCOc1cc(C(CSC)N2C(=O)c3cnc(N4CCN(C5CCN(Cc6ccc(Oc7ccc(C(=N)N8CCC(=O)NC8=O)c(NC)c7)cc6)CC5(F)F)CC4)cc3C2=O)ccc1OC. The molecule has 3 N–H and O–H groups in total. The van der Waals surface area contributed by atoms with E-state index in [1.165, 1.54) is 27.8 Å². The number of anilines is 2. The highest BCUT2D eigenvalue weighted by Gasteiger charge is 2.48. The number of nitrogens with zero attached hydrogens (tertiary/aromatic N) is 6. The van der Waals surface area contributed by atoms with Gasteiger partial charge >= 0.3 is 6.03 Å². The lowest BCUT2D eigenvalue weighted by Crippen LogP contribution is -2.61. The number of likely N-dealkylation sites (tertiary alicyclic amines) is 1. The number of fused-ring (bicyclic) bond motifs is 1. The molecule has 0 bridgehead atoms. The zero-order valence-electron chi connectivity index (χ0n) is 37.3. The molecule has 2 unspecified atom stereocenters. The van der Waals surface area contributed by atoms with E-state index in [1.807, 2.05) is 47.2 Å². The zero-order chi connectivity index (χ0) is 46.7. The van der Waals surface area contributed by atoms with E-state index in [0.717, 1.165) is 11.1 Å². The van der Waals surface area contributed by atoms with Crippen LogP contribution in [-0.2, 0) is 11.3 Å². The Labute approximate surface area is 386 Å². The van der Waals surface area contributed by atoms with Crippen LogP contribution in [0.4, 0.5) is 25.1 Å². The molecule has 3 aromatic carbocycles. The number of piperazine rings is 1. The largest absolute Gasteiger partial charge is 0.493 e. The first-order valence-corrected chi connectivity index (χ1v) is 23.3. The smallest absolute Gasteiger partial charge is 0.329 e. The number of amides is 5. The predicted octanol–water partition coefficient (Wildman–Crippen LogP) is 6.32. The number of piperidine rings is 1. The van der Waals surface area contributed by atoms with Crippen LogP contribution in [0.5, 0.6) is 23.0 Å².